The van der Waals surface area contributed by atoms with Crippen LogP contribution in [-0.2, 0) is 11.2 Å². The zero-order valence-electron chi connectivity index (χ0n) is 17.8. The van der Waals surface area contributed by atoms with Gasteiger partial charge >= 0.3 is 0 Å². The summed E-state index contributed by atoms with van der Waals surface area (Å²) in [5.74, 6) is 0.621. The average Bonchev–Trinajstić information content (AvgIpc) is 2.79. The quantitative estimate of drug-likeness (QED) is 0.344. The van der Waals surface area contributed by atoms with Gasteiger partial charge in [-0.05, 0) is 42.8 Å². The monoisotopic (exact) mass is 463 g/mol. The fraction of sp³-hybridized carbons (Fsp3) is 0.160. The first-order valence-corrected chi connectivity index (χ1v) is 11.5. The number of carbonyl (C=O) groups is 1. The third kappa shape index (κ3) is 5.39. The summed E-state index contributed by atoms with van der Waals surface area (Å²) >= 11 is 7.53. The smallest absolute Gasteiger partial charge is 0.234 e. The van der Waals surface area contributed by atoms with Crippen molar-refractivity contribution >= 4 is 46.0 Å². The Hall–Kier alpha value is -3.09. The molecular formula is C25H22ClN3O2S. The molecule has 0 spiro atoms. The van der Waals surface area contributed by atoms with Crippen molar-refractivity contribution in [1.29, 1.82) is 0 Å². The molecule has 0 aliphatic heterocycles. The number of thioether (sulfide) groups is 1. The average molecular weight is 464 g/mol. The minimum absolute atomic E-state index is 0.146. The van der Waals surface area contributed by atoms with Gasteiger partial charge in [0.05, 0.1) is 34.6 Å². The number of anilines is 1. The Kier molecular flexibility index (Phi) is 6.93. The first-order chi connectivity index (χ1) is 15.5. The lowest BCUT2D eigenvalue weighted by Crippen LogP contribution is -2.14. The fourth-order valence-electron chi connectivity index (χ4n) is 3.23. The lowest BCUT2D eigenvalue weighted by molar-refractivity contribution is -0.113. The Labute approximate surface area is 196 Å². The third-order valence-corrected chi connectivity index (χ3v) is 6.18. The molecule has 4 rings (SSSR count). The van der Waals surface area contributed by atoms with Gasteiger partial charge < -0.3 is 10.1 Å². The van der Waals surface area contributed by atoms with Gasteiger partial charge in [-0.1, -0.05) is 65.3 Å². The van der Waals surface area contributed by atoms with Gasteiger partial charge in [-0.2, -0.15) is 0 Å². The number of fused-ring (bicyclic) bond motifs is 1. The summed E-state index contributed by atoms with van der Waals surface area (Å²) in [5.41, 5.74) is 5.49. The number of benzene rings is 3. The van der Waals surface area contributed by atoms with Gasteiger partial charge in [-0.15, -0.1) is 0 Å². The van der Waals surface area contributed by atoms with Crippen LogP contribution in [0.2, 0.25) is 5.02 Å². The molecule has 0 saturated carbocycles. The molecular weight excluding hydrogens is 442 g/mol. The summed E-state index contributed by atoms with van der Waals surface area (Å²) in [4.78, 5) is 22.2. The molecule has 1 N–H and O–H groups in total. The molecule has 3 aromatic carbocycles. The van der Waals surface area contributed by atoms with E-state index in [1.54, 1.807) is 25.3 Å². The van der Waals surface area contributed by atoms with Gasteiger partial charge in [-0.25, -0.2) is 9.97 Å². The van der Waals surface area contributed by atoms with Gasteiger partial charge in [0, 0.05) is 12.1 Å². The molecule has 32 heavy (non-hydrogen) atoms. The fourth-order valence-corrected chi connectivity index (χ4v) is 4.27. The number of aromatic nitrogens is 2. The number of amides is 1. The van der Waals surface area contributed by atoms with Crippen LogP contribution in [0.1, 0.15) is 16.8 Å². The van der Waals surface area contributed by atoms with Crippen molar-refractivity contribution in [2.24, 2.45) is 0 Å². The van der Waals surface area contributed by atoms with E-state index in [9.17, 15) is 4.79 Å². The van der Waals surface area contributed by atoms with Crippen LogP contribution in [0.3, 0.4) is 0 Å². The van der Waals surface area contributed by atoms with E-state index in [-0.39, 0.29) is 11.7 Å². The van der Waals surface area contributed by atoms with Gasteiger partial charge in [0.15, 0.2) is 0 Å². The number of methoxy groups -OCH3 is 1. The molecule has 1 amide bonds. The summed E-state index contributed by atoms with van der Waals surface area (Å²) in [6, 6.07) is 21.3. The van der Waals surface area contributed by atoms with E-state index in [0.717, 1.165) is 27.3 Å². The van der Waals surface area contributed by atoms with Crippen molar-refractivity contribution in [3.05, 3.63) is 88.6 Å². The molecule has 0 fully saturated rings. The number of rotatable bonds is 7. The molecule has 0 aliphatic rings. The van der Waals surface area contributed by atoms with E-state index < -0.39 is 0 Å². The van der Waals surface area contributed by atoms with Crippen LogP contribution in [0.4, 0.5) is 5.69 Å². The van der Waals surface area contributed by atoms with Crippen LogP contribution in [-0.4, -0.2) is 28.7 Å². The molecule has 0 atom stereocenters. The van der Waals surface area contributed by atoms with Crippen molar-refractivity contribution in [2.75, 3.05) is 18.2 Å². The maximum absolute atomic E-state index is 12.6. The van der Waals surface area contributed by atoms with Crippen molar-refractivity contribution in [3.8, 4) is 5.75 Å². The Bertz CT molecular complexity index is 1260. The molecule has 0 saturated heterocycles. The number of para-hydroxylation sites is 2. The number of aryl methyl sites for hydroxylation is 1. The van der Waals surface area contributed by atoms with E-state index >= 15 is 0 Å². The zero-order valence-corrected chi connectivity index (χ0v) is 19.3. The molecule has 1 aromatic heterocycles. The standard InChI is InChI=1S/C25H22ClN3O2S/c1-16-7-9-17(10-8-16)13-22-25(29-21-6-4-3-5-20(21)28-22)32-15-24(30)27-18-11-12-23(31-2)19(26)14-18/h3-12,14H,13,15H2,1-2H3,(H,27,30). The number of hydrogen-bond donors (Lipinski definition) is 1. The molecule has 4 aromatic rings. The van der Waals surface area contributed by atoms with Crippen molar-refractivity contribution in [1.82, 2.24) is 9.97 Å². The van der Waals surface area contributed by atoms with Crippen LogP contribution < -0.4 is 10.1 Å². The number of carbonyl (C=O) groups excluding carboxylic acids is 1. The Morgan fingerprint density at radius 1 is 1.03 bits per heavy atom. The van der Waals surface area contributed by atoms with E-state index in [4.69, 9.17) is 26.3 Å². The maximum Gasteiger partial charge on any atom is 0.234 e. The molecule has 0 bridgehead atoms. The molecule has 1 heterocycles. The van der Waals surface area contributed by atoms with E-state index in [0.29, 0.717) is 22.9 Å². The van der Waals surface area contributed by atoms with Gasteiger partial charge in [0.2, 0.25) is 5.91 Å². The third-order valence-electron chi connectivity index (χ3n) is 4.87. The van der Waals surface area contributed by atoms with Crippen LogP contribution >= 0.6 is 23.4 Å². The number of nitrogens with one attached hydrogen (secondary N) is 1. The zero-order chi connectivity index (χ0) is 22.5. The van der Waals surface area contributed by atoms with Crippen LogP contribution in [0.25, 0.3) is 11.0 Å². The van der Waals surface area contributed by atoms with E-state index in [2.05, 4.69) is 36.5 Å². The molecule has 0 aliphatic carbocycles. The molecule has 7 heteroatoms. The Balaban J connectivity index is 1.52. The highest BCUT2D eigenvalue weighted by Crippen LogP contribution is 2.28. The summed E-state index contributed by atoms with van der Waals surface area (Å²) in [5, 5.41) is 4.07. The number of halogens is 1. The Morgan fingerprint density at radius 2 is 1.75 bits per heavy atom. The van der Waals surface area contributed by atoms with E-state index in [1.165, 1.54) is 17.3 Å². The van der Waals surface area contributed by atoms with Crippen LogP contribution in [0.15, 0.2) is 71.8 Å². The minimum Gasteiger partial charge on any atom is -0.495 e. The Morgan fingerprint density at radius 3 is 2.44 bits per heavy atom. The summed E-state index contributed by atoms with van der Waals surface area (Å²) in [6.45, 7) is 2.06. The first-order valence-electron chi connectivity index (χ1n) is 10.1. The largest absolute Gasteiger partial charge is 0.495 e. The predicted octanol–water partition coefficient (Wildman–Crippen LogP) is 5.92. The van der Waals surface area contributed by atoms with Gasteiger partial charge in [0.25, 0.3) is 0 Å². The van der Waals surface area contributed by atoms with Crippen molar-refractivity contribution < 1.29 is 9.53 Å². The summed E-state index contributed by atoms with van der Waals surface area (Å²) in [6.07, 6.45) is 0.649. The molecule has 5 nitrogen and oxygen atoms in total. The lowest BCUT2D eigenvalue weighted by atomic mass is 10.1. The highest BCUT2D eigenvalue weighted by molar-refractivity contribution is 8.00. The first kappa shape index (κ1) is 22.1. The van der Waals surface area contributed by atoms with E-state index in [1.807, 2.05) is 24.3 Å². The summed E-state index contributed by atoms with van der Waals surface area (Å²) < 4.78 is 5.15. The topological polar surface area (TPSA) is 64.1 Å². The van der Waals surface area contributed by atoms with Crippen molar-refractivity contribution in [3.63, 3.8) is 0 Å². The second-order valence-corrected chi connectivity index (χ2v) is 8.68. The molecule has 0 radical (unpaired) electrons. The minimum atomic E-state index is -0.146. The number of hydrogen-bond acceptors (Lipinski definition) is 5. The SMILES string of the molecule is COc1ccc(NC(=O)CSc2nc3ccccc3nc2Cc2ccc(C)cc2)cc1Cl. The predicted molar refractivity (Wildman–Crippen MR) is 131 cm³/mol. The normalized spacial score (nSPS) is 10.8. The molecule has 0 unspecified atom stereocenters. The summed E-state index contributed by atoms with van der Waals surface area (Å²) in [7, 11) is 1.55. The second-order valence-electron chi connectivity index (χ2n) is 7.31. The van der Waals surface area contributed by atoms with Crippen molar-refractivity contribution in [2.45, 2.75) is 18.4 Å². The lowest BCUT2D eigenvalue weighted by Gasteiger charge is -2.11. The second kappa shape index (κ2) is 10.0. The van der Waals surface area contributed by atoms with Gasteiger partial charge in [0.1, 0.15) is 10.8 Å². The number of ether oxygens (including phenoxy) is 1. The van der Waals surface area contributed by atoms with Crippen LogP contribution in [0.5, 0.6) is 5.75 Å². The highest BCUT2D eigenvalue weighted by atomic mass is 35.5. The number of nitrogens with zero attached hydrogens (tertiary/aromatic N) is 2. The van der Waals surface area contributed by atoms with Crippen LogP contribution in [0, 0.1) is 6.92 Å². The molecule has 162 valence electrons. The maximum atomic E-state index is 12.6. The highest BCUT2D eigenvalue weighted by Gasteiger charge is 2.13. The van der Waals surface area contributed by atoms with Gasteiger partial charge in [-0.3, -0.25) is 4.79 Å².